The van der Waals surface area contributed by atoms with Crippen LogP contribution in [0.3, 0.4) is 0 Å². The normalized spacial score (nSPS) is 23.4. The highest BCUT2D eigenvalue weighted by molar-refractivity contribution is 5.91. The number of nitrogens with one attached hydrogen (secondary N) is 1. The molecular weight excluding hydrogens is 348 g/mol. The van der Waals surface area contributed by atoms with E-state index in [9.17, 15) is 9.59 Å². The minimum absolute atomic E-state index is 0.0533. The van der Waals surface area contributed by atoms with E-state index in [2.05, 4.69) is 5.32 Å². The van der Waals surface area contributed by atoms with Crippen molar-refractivity contribution in [1.82, 2.24) is 14.7 Å². The summed E-state index contributed by atoms with van der Waals surface area (Å²) in [6.07, 6.45) is 1.79. The van der Waals surface area contributed by atoms with Gasteiger partial charge in [-0.05, 0) is 25.0 Å². The summed E-state index contributed by atoms with van der Waals surface area (Å²) >= 11 is 0. The third-order valence-corrected chi connectivity index (χ3v) is 5.65. The number of anilines is 1. The molecule has 3 aliphatic rings. The van der Waals surface area contributed by atoms with Gasteiger partial charge in [-0.1, -0.05) is 12.1 Å². The average molecular weight is 374 g/mol. The number of carbonyl (C=O) groups excluding carboxylic acids is 2. The molecule has 0 saturated carbocycles. The number of amides is 4. The summed E-state index contributed by atoms with van der Waals surface area (Å²) < 4.78 is 10.7. The number of piperazine rings is 1. The Balaban J connectivity index is 1.39. The van der Waals surface area contributed by atoms with E-state index >= 15 is 0 Å². The summed E-state index contributed by atoms with van der Waals surface area (Å²) in [4.78, 5) is 31.2. The number of urea groups is 2. The molecule has 0 aliphatic carbocycles. The minimum atomic E-state index is -0.156. The van der Waals surface area contributed by atoms with Crippen LogP contribution in [0.5, 0.6) is 5.75 Å². The van der Waals surface area contributed by atoms with Gasteiger partial charge in [-0.25, -0.2) is 9.59 Å². The summed E-state index contributed by atoms with van der Waals surface area (Å²) in [5.41, 5.74) is 0.652. The Morgan fingerprint density at radius 3 is 2.67 bits per heavy atom. The van der Waals surface area contributed by atoms with Crippen LogP contribution in [0.25, 0.3) is 0 Å². The number of nitrogens with zero attached hydrogens (tertiary/aromatic N) is 3. The lowest BCUT2D eigenvalue weighted by atomic mass is 10.1. The van der Waals surface area contributed by atoms with Gasteiger partial charge in [-0.2, -0.15) is 0 Å². The zero-order valence-electron chi connectivity index (χ0n) is 15.6. The number of ether oxygens (including phenoxy) is 2. The van der Waals surface area contributed by atoms with Gasteiger partial charge in [0.1, 0.15) is 5.75 Å². The molecule has 3 fully saturated rings. The van der Waals surface area contributed by atoms with Crippen LogP contribution in [0.15, 0.2) is 24.3 Å². The molecule has 4 amide bonds. The summed E-state index contributed by atoms with van der Waals surface area (Å²) in [5, 5.41) is 2.93. The van der Waals surface area contributed by atoms with Crippen LogP contribution in [-0.4, -0.2) is 85.3 Å². The van der Waals surface area contributed by atoms with Gasteiger partial charge in [0, 0.05) is 45.4 Å². The third kappa shape index (κ3) is 3.53. The highest BCUT2D eigenvalue weighted by Crippen LogP contribution is 2.27. The second-order valence-corrected chi connectivity index (χ2v) is 7.20. The summed E-state index contributed by atoms with van der Waals surface area (Å²) in [6, 6.07) is 7.62. The quantitative estimate of drug-likeness (QED) is 0.876. The van der Waals surface area contributed by atoms with Crippen molar-refractivity contribution in [2.75, 3.05) is 51.8 Å². The van der Waals surface area contributed by atoms with Crippen LogP contribution in [0.2, 0.25) is 0 Å². The molecule has 1 aromatic rings. The van der Waals surface area contributed by atoms with E-state index in [1.165, 1.54) is 0 Å². The van der Waals surface area contributed by atoms with Gasteiger partial charge in [0.05, 0.1) is 18.8 Å². The summed E-state index contributed by atoms with van der Waals surface area (Å²) in [5.74, 6) is 0.631. The molecule has 1 atom stereocenters. The van der Waals surface area contributed by atoms with E-state index in [0.717, 1.165) is 12.8 Å². The largest absolute Gasteiger partial charge is 0.495 e. The fourth-order valence-electron chi connectivity index (χ4n) is 4.16. The van der Waals surface area contributed by atoms with E-state index in [0.29, 0.717) is 50.8 Å². The van der Waals surface area contributed by atoms with Crippen molar-refractivity contribution in [3.05, 3.63) is 24.3 Å². The number of fused-ring (bicyclic) bond motifs is 1. The van der Waals surface area contributed by atoms with Crippen LogP contribution in [0.1, 0.15) is 12.8 Å². The zero-order valence-corrected chi connectivity index (χ0v) is 15.6. The molecule has 0 spiro atoms. The highest BCUT2D eigenvalue weighted by atomic mass is 16.5. The smallest absolute Gasteiger partial charge is 0.322 e. The number of methoxy groups -OCH3 is 1. The van der Waals surface area contributed by atoms with Crippen LogP contribution in [0.4, 0.5) is 15.3 Å². The lowest BCUT2D eigenvalue weighted by Gasteiger charge is -2.36. The molecule has 1 N–H and O–H groups in total. The van der Waals surface area contributed by atoms with Crippen molar-refractivity contribution in [2.45, 2.75) is 24.9 Å². The lowest BCUT2D eigenvalue weighted by molar-refractivity contribution is 0.0504. The van der Waals surface area contributed by atoms with Crippen LogP contribution in [-0.2, 0) is 4.74 Å². The van der Waals surface area contributed by atoms with Crippen molar-refractivity contribution in [3.63, 3.8) is 0 Å². The predicted molar refractivity (Wildman–Crippen MR) is 100 cm³/mol. The van der Waals surface area contributed by atoms with Crippen molar-refractivity contribution < 1.29 is 19.1 Å². The first-order valence-corrected chi connectivity index (χ1v) is 9.51. The van der Waals surface area contributed by atoms with Gasteiger partial charge >= 0.3 is 12.1 Å². The first-order chi connectivity index (χ1) is 13.2. The van der Waals surface area contributed by atoms with Crippen molar-refractivity contribution in [2.24, 2.45) is 0 Å². The second-order valence-electron chi connectivity index (χ2n) is 7.20. The predicted octanol–water partition coefficient (Wildman–Crippen LogP) is 1.83. The topological polar surface area (TPSA) is 74.4 Å². The molecule has 1 aromatic carbocycles. The number of rotatable bonds is 3. The van der Waals surface area contributed by atoms with Gasteiger partial charge in [-0.3, -0.25) is 0 Å². The first-order valence-electron chi connectivity index (χ1n) is 9.51. The van der Waals surface area contributed by atoms with Gasteiger partial charge in [-0.15, -0.1) is 0 Å². The Morgan fingerprint density at radius 1 is 1.11 bits per heavy atom. The molecule has 4 rings (SSSR count). The molecule has 8 nitrogen and oxygen atoms in total. The molecule has 0 unspecified atom stereocenters. The minimum Gasteiger partial charge on any atom is -0.495 e. The Labute approximate surface area is 159 Å². The summed E-state index contributed by atoms with van der Waals surface area (Å²) in [6.45, 7) is 3.76. The van der Waals surface area contributed by atoms with Crippen molar-refractivity contribution in [3.8, 4) is 5.75 Å². The van der Waals surface area contributed by atoms with E-state index in [-0.39, 0.29) is 24.1 Å². The van der Waals surface area contributed by atoms with Crippen LogP contribution < -0.4 is 10.1 Å². The molecule has 3 aliphatic heterocycles. The van der Waals surface area contributed by atoms with E-state index < -0.39 is 0 Å². The third-order valence-electron chi connectivity index (χ3n) is 5.65. The second kappa shape index (κ2) is 7.64. The average Bonchev–Trinajstić information content (AvgIpc) is 3.05. The molecule has 0 radical (unpaired) electrons. The monoisotopic (exact) mass is 374 g/mol. The standard InChI is InChI=1S/C19H26N4O4/c1-26-17-5-3-2-4-16(17)20-18(24)21-8-9-22-15(12-21)13-23(19(22)25)14-6-10-27-11-7-14/h2-5,14-15H,6-13H2,1H3,(H,20,24)/t15-/m1/s1. The SMILES string of the molecule is COc1ccccc1NC(=O)N1CCN2C(=O)N(C3CCOCC3)C[C@H]2C1. The Hall–Kier alpha value is -2.48. The van der Waals surface area contributed by atoms with Gasteiger partial charge in [0.15, 0.2) is 0 Å². The van der Waals surface area contributed by atoms with Crippen molar-refractivity contribution >= 4 is 17.7 Å². The van der Waals surface area contributed by atoms with Crippen LogP contribution >= 0.6 is 0 Å². The highest BCUT2D eigenvalue weighted by Gasteiger charge is 2.44. The molecular formula is C19H26N4O4. The Bertz CT molecular complexity index is 707. The Kier molecular flexibility index (Phi) is 5.07. The van der Waals surface area contributed by atoms with E-state index in [1.54, 1.807) is 12.0 Å². The van der Waals surface area contributed by atoms with Crippen LogP contribution in [0, 0.1) is 0 Å². The number of carbonyl (C=O) groups is 2. The molecule has 3 saturated heterocycles. The Morgan fingerprint density at radius 2 is 1.89 bits per heavy atom. The zero-order chi connectivity index (χ0) is 18.8. The number of hydrogen-bond donors (Lipinski definition) is 1. The number of benzene rings is 1. The molecule has 3 heterocycles. The fraction of sp³-hybridized carbons (Fsp3) is 0.579. The summed E-state index contributed by atoms with van der Waals surface area (Å²) in [7, 11) is 1.58. The maximum atomic E-state index is 12.8. The van der Waals surface area contributed by atoms with Crippen molar-refractivity contribution in [1.29, 1.82) is 0 Å². The number of hydrogen-bond acceptors (Lipinski definition) is 4. The fourth-order valence-corrected chi connectivity index (χ4v) is 4.16. The van der Waals surface area contributed by atoms with Gasteiger partial charge in [0.2, 0.25) is 0 Å². The molecule has 8 heteroatoms. The van der Waals surface area contributed by atoms with E-state index in [1.807, 2.05) is 34.1 Å². The molecule has 146 valence electrons. The van der Waals surface area contributed by atoms with Gasteiger partial charge < -0.3 is 29.5 Å². The molecule has 0 aromatic heterocycles. The maximum Gasteiger partial charge on any atom is 0.322 e. The van der Waals surface area contributed by atoms with Gasteiger partial charge in [0.25, 0.3) is 0 Å². The lowest BCUT2D eigenvalue weighted by Crippen LogP contribution is -2.54. The molecule has 0 bridgehead atoms. The molecule has 27 heavy (non-hydrogen) atoms. The number of para-hydroxylation sites is 2. The van der Waals surface area contributed by atoms with E-state index in [4.69, 9.17) is 9.47 Å². The maximum absolute atomic E-state index is 12.8. The first kappa shape index (κ1) is 17.9.